The Hall–Kier alpha value is -6.01. The summed E-state index contributed by atoms with van der Waals surface area (Å²) in [7, 11) is 2.38. The Morgan fingerprint density at radius 1 is 0.656 bits per heavy atom. The van der Waals surface area contributed by atoms with E-state index in [0.29, 0.717) is 45.4 Å². The van der Waals surface area contributed by atoms with Crippen molar-refractivity contribution in [2.45, 2.75) is 184 Å². The molecule has 18 atom stereocenters. The van der Waals surface area contributed by atoms with E-state index in [2.05, 4.69) is 87.1 Å². The van der Waals surface area contributed by atoms with Crippen LogP contribution in [0.15, 0.2) is 49.3 Å². The van der Waals surface area contributed by atoms with E-state index >= 15 is 8.78 Å². The molecule has 0 spiro atoms. The number of para-hydroxylation sites is 1. The topological polar surface area (TPSA) is 350 Å². The van der Waals surface area contributed by atoms with Gasteiger partial charge in [-0.05, 0) is 85.0 Å². The van der Waals surface area contributed by atoms with E-state index in [1.807, 2.05) is 27.7 Å². The number of hydrogen-bond donors (Lipinski definition) is 8. The van der Waals surface area contributed by atoms with Crippen LogP contribution in [0.5, 0.6) is 5.75 Å². The number of carbonyl (C=O) groups is 1. The van der Waals surface area contributed by atoms with Crippen LogP contribution in [0.25, 0.3) is 33.5 Å². The van der Waals surface area contributed by atoms with Crippen molar-refractivity contribution in [3.05, 3.63) is 59.8 Å². The summed E-state index contributed by atoms with van der Waals surface area (Å²) in [6, 6.07) is 7.09. The quantitative estimate of drug-likeness (QED) is 0.00932. The van der Waals surface area contributed by atoms with E-state index in [-0.39, 0.29) is 51.8 Å². The summed E-state index contributed by atoms with van der Waals surface area (Å²) in [5.74, 6) is 0.751. The number of halogens is 7. The Balaban J connectivity index is 0.000000181. The SMILES string of the molecule is CC[C@H]1O[C@@H](n2cnc3c(Cl)nc(Cl)nc32)[C@](C)(F)[C@@H]1C.CC[C@H]1O[C@H](Br)[C@](C)(F)[C@@H]1C.CNc1nc(NC)c2ncn([C@@H]3O[C@H](CO)[C@@H](O)[C@@]3(C)F)c2n1.CNc1nc(NC)c2ncn([C@@H]3O[C@H](COP(=O)(N[C@@H](C)C(=O)OC(C)C)Oc4ccccc4)[C@@H](O)[C@@]3(C)F)c2n1. The number of carbonyl (C=O) groups excluding carboxylic acids is 1. The number of fused-ring (bicyclic) bond motifs is 3. The third-order valence-corrected chi connectivity index (χ3v) is 20.3. The standard InChI is InChI=1S/C25H35FN7O7P.C13H15Cl2FN4O.C13H19FN6O3.C8H14BrFO/c1-14(2)38-22(35)15(3)32-41(36,40-16-10-8-7-9-11-16)37-12-17-19(34)25(4,26)23(39-17)33-13-29-18-20(27-5)30-24(28-6)31-21(18)33;1-4-7-6(2)13(3,16)11(21-7)20-5-17-8-9(14)18-12(15)19-10(8)20;1-13(14)8(22)6(4-21)23-11(13)20-5-17-7-9(15-2)18-12(16-3)19-10(7)20;1-4-6-5(2)8(3,10)7(9)11-6/h7-11,13-15,17,19,23,34H,12H2,1-6H3,(H,32,36)(H2,27,28,30,31);5-7,11H,4H2,1-3H3;5-6,8,11,21-22H,4H2,1-3H3,(H2,15,16,18,19);5-7H,4H2,1-3H3/t15-,17+,19+,23+,25+,41?;6-,7-,11-,13-;6-,8-,11-,13-;5-,6-,7+,8-/m0111/s1. The molecule has 8 N–H and O–H groups in total. The lowest BCUT2D eigenvalue weighted by Crippen LogP contribution is -2.41. The highest BCUT2D eigenvalue weighted by molar-refractivity contribution is 9.09. The molecule has 0 saturated carbocycles. The van der Waals surface area contributed by atoms with Crippen molar-refractivity contribution in [2.75, 3.05) is 62.7 Å². The number of aliphatic hydroxyl groups excluding tert-OH is 3. The second-order valence-corrected chi connectivity index (χ2v) is 27.4. The molecule has 0 amide bonds. The summed E-state index contributed by atoms with van der Waals surface area (Å²) < 4.78 is 117. The van der Waals surface area contributed by atoms with Gasteiger partial charge in [-0.25, -0.2) is 42.1 Å². The smallest absolute Gasteiger partial charge is 0.459 e. The number of hydrogen-bond acceptors (Lipinski definition) is 25. The maximum absolute atomic E-state index is 16.0. The van der Waals surface area contributed by atoms with Crippen LogP contribution in [0, 0.1) is 11.8 Å². The monoisotopic (exact) mass is 1480 g/mol. The van der Waals surface area contributed by atoms with E-state index in [4.69, 9.17) is 55.9 Å². The van der Waals surface area contributed by atoms with Gasteiger partial charge in [-0.3, -0.25) is 23.0 Å². The molecule has 4 fully saturated rings. The van der Waals surface area contributed by atoms with Gasteiger partial charge in [-0.15, -0.1) is 0 Å². The zero-order valence-electron chi connectivity index (χ0n) is 55.5. The molecule has 10 heterocycles. The van der Waals surface area contributed by atoms with Crippen LogP contribution in [-0.4, -0.2) is 198 Å². The van der Waals surface area contributed by atoms with Crippen molar-refractivity contribution in [2.24, 2.45) is 11.8 Å². The zero-order chi connectivity index (χ0) is 70.7. The Kier molecular flexibility index (Phi) is 24.2. The number of nitrogens with zero attached hydrogens (tertiary/aromatic N) is 12. The van der Waals surface area contributed by atoms with E-state index in [1.54, 1.807) is 83.9 Å². The first-order chi connectivity index (χ1) is 45.2. The van der Waals surface area contributed by atoms with Gasteiger partial charge in [0, 0.05) is 40.0 Å². The van der Waals surface area contributed by atoms with Gasteiger partial charge in [0.2, 0.25) is 17.2 Å². The molecular formula is C59H83BrCl2F4N17O12P. The Labute approximate surface area is 569 Å². The van der Waals surface area contributed by atoms with Gasteiger partial charge in [-0.1, -0.05) is 73.4 Å². The number of imidazole rings is 3. The lowest BCUT2D eigenvalue weighted by molar-refractivity contribution is -0.149. The number of aliphatic hydroxyl groups is 3. The maximum Gasteiger partial charge on any atom is 0.459 e. The fourth-order valence-corrected chi connectivity index (χ4v) is 13.8. The minimum Gasteiger partial charge on any atom is -0.462 e. The average Bonchev–Trinajstić information content (AvgIpc) is 1.61. The molecule has 29 nitrogen and oxygen atoms in total. The summed E-state index contributed by atoms with van der Waals surface area (Å²) in [5.41, 5.74) is -5.02. The van der Waals surface area contributed by atoms with Crippen molar-refractivity contribution in [1.29, 1.82) is 0 Å². The molecule has 4 saturated heterocycles. The molecule has 7 aromatic rings. The van der Waals surface area contributed by atoms with Gasteiger partial charge in [0.25, 0.3) is 0 Å². The van der Waals surface area contributed by atoms with E-state index in [1.165, 1.54) is 55.8 Å². The highest BCUT2D eigenvalue weighted by atomic mass is 79.9. The fraction of sp³-hybridized carbons (Fsp3) is 0.627. The van der Waals surface area contributed by atoms with Crippen LogP contribution in [0.3, 0.4) is 0 Å². The minimum atomic E-state index is -4.28. The highest BCUT2D eigenvalue weighted by Gasteiger charge is 2.58. The predicted octanol–water partition coefficient (Wildman–Crippen LogP) is 9.60. The summed E-state index contributed by atoms with van der Waals surface area (Å²) in [4.78, 5) is 50.2. The van der Waals surface area contributed by atoms with Crippen LogP contribution in [-0.2, 0) is 37.6 Å². The molecule has 6 aromatic heterocycles. The van der Waals surface area contributed by atoms with Crippen LogP contribution in [0.4, 0.5) is 41.1 Å². The Morgan fingerprint density at radius 2 is 1.10 bits per heavy atom. The molecule has 37 heteroatoms. The van der Waals surface area contributed by atoms with Crippen LogP contribution < -0.4 is 30.9 Å². The predicted molar refractivity (Wildman–Crippen MR) is 354 cm³/mol. The van der Waals surface area contributed by atoms with Gasteiger partial charge >= 0.3 is 13.7 Å². The molecule has 11 rings (SSSR count). The second kappa shape index (κ2) is 30.6. The summed E-state index contributed by atoms with van der Waals surface area (Å²) >= 11 is 15.0. The van der Waals surface area contributed by atoms with E-state index in [9.17, 15) is 33.5 Å². The largest absolute Gasteiger partial charge is 0.462 e. The molecule has 96 heavy (non-hydrogen) atoms. The van der Waals surface area contributed by atoms with Crippen molar-refractivity contribution in [1.82, 2.24) is 63.6 Å². The van der Waals surface area contributed by atoms with Gasteiger partial charge in [-0.2, -0.15) is 30.0 Å². The average molecular weight is 1480 g/mol. The summed E-state index contributed by atoms with van der Waals surface area (Å²) in [5, 5.41) is 43.9. The minimum absolute atomic E-state index is 0.00658. The third kappa shape index (κ3) is 15.5. The number of rotatable bonds is 19. The first kappa shape index (κ1) is 75.8. The first-order valence-electron chi connectivity index (χ1n) is 30.9. The molecule has 1 aromatic carbocycles. The second-order valence-electron chi connectivity index (χ2n) is 24.2. The first-order valence-corrected chi connectivity index (χ1v) is 34.1. The number of esters is 1. The maximum atomic E-state index is 16.0. The molecule has 4 aliphatic heterocycles. The molecule has 0 radical (unpaired) electrons. The van der Waals surface area contributed by atoms with Gasteiger partial charge in [0.1, 0.15) is 52.4 Å². The molecule has 0 bridgehead atoms. The molecule has 530 valence electrons. The van der Waals surface area contributed by atoms with Gasteiger partial charge in [0.05, 0.1) is 50.5 Å². The van der Waals surface area contributed by atoms with Crippen LogP contribution in [0.2, 0.25) is 10.4 Å². The molecule has 1 unspecified atom stereocenters. The number of nitrogens with one attached hydrogen (secondary N) is 5. The summed E-state index contributed by atoms with van der Waals surface area (Å²) in [6.07, 6.45) is -3.49. The van der Waals surface area contributed by atoms with Gasteiger partial charge < -0.3 is 64.8 Å². The highest BCUT2D eigenvalue weighted by Crippen LogP contribution is 2.50. The van der Waals surface area contributed by atoms with Crippen LogP contribution >= 0.6 is 46.9 Å². The number of anilines is 4. The summed E-state index contributed by atoms with van der Waals surface area (Å²) in [6.45, 7) is 17.0. The molecule has 4 aliphatic rings. The fourth-order valence-electron chi connectivity index (χ4n) is 11.2. The van der Waals surface area contributed by atoms with Crippen molar-refractivity contribution < 1.29 is 75.0 Å². The molecular weight excluding hydrogens is 1400 g/mol. The zero-order valence-corrected chi connectivity index (χ0v) is 59.5. The van der Waals surface area contributed by atoms with Crippen LogP contribution in [0.1, 0.15) is 108 Å². The Bertz CT molecular complexity index is 3850. The van der Waals surface area contributed by atoms with Gasteiger partial charge in [0.15, 0.2) is 80.5 Å². The number of alkyl halides is 5. The van der Waals surface area contributed by atoms with Crippen molar-refractivity contribution in [3.63, 3.8) is 0 Å². The van der Waals surface area contributed by atoms with E-state index in [0.717, 1.165) is 12.8 Å². The third-order valence-electron chi connectivity index (χ3n) is 17.1. The number of ether oxygens (including phenoxy) is 5. The van der Waals surface area contributed by atoms with Crippen molar-refractivity contribution in [3.8, 4) is 5.75 Å². The number of aromatic nitrogens is 12. The molecule has 0 aliphatic carbocycles. The lowest BCUT2D eigenvalue weighted by atomic mass is 9.88. The van der Waals surface area contributed by atoms with Crippen molar-refractivity contribution >= 4 is 110 Å². The lowest BCUT2D eigenvalue weighted by Gasteiger charge is -2.25. The Morgan fingerprint density at radius 3 is 1.53 bits per heavy atom. The van der Waals surface area contributed by atoms with E-state index < -0.39 is 110 Å². The number of benzene rings is 1. The normalized spacial score (nSPS) is 31.0.